The molecule has 3 heterocycles. The molecule has 0 spiro atoms. The normalized spacial score (nSPS) is 17.5. The van der Waals surface area contributed by atoms with Crippen molar-refractivity contribution in [2.75, 3.05) is 12.3 Å². The van der Waals surface area contributed by atoms with Crippen molar-refractivity contribution < 1.29 is 9.53 Å². The van der Waals surface area contributed by atoms with E-state index in [9.17, 15) is 10.1 Å². The molecular weight excluding hydrogens is 478 g/mol. The van der Waals surface area contributed by atoms with E-state index in [4.69, 9.17) is 15.6 Å². The lowest BCUT2D eigenvalue weighted by molar-refractivity contribution is -0.127. The molecule has 38 heavy (non-hydrogen) atoms. The molecule has 1 atom stereocenters. The molecule has 2 aliphatic rings. The lowest BCUT2D eigenvalue weighted by Crippen LogP contribution is -2.39. The minimum absolute atomic E-state index is 0.0905. The molecule has 1 saturated heterocycles. The van der Waals surface area contributed by atoms with Crippen LogP contribution in [0.2, 0.25) is 0 Å². The van der Waals surface area contributed by atoms with E-state index in [1.54, 1.807) is 0 Å². The van der Waals surface area contributed by atoms with E-state index in [1.165, 1.54) is 6.33 Å². The fraction of sp³-hybridized carbons (Fsp3) is 0.276. The minimum Gasteiger partial charge on any atom is -0.457 e. The Hall–Kier alpha value is -4.71. The van der Waals surface area contributed by atoms with Crippen molar-refractivity contribution in [2.24, 2.45) is 5.92 Å². The number of nitrogens with zero attached hydrogens (tertiary/aromatic N) is 6. The van der Waals surface area contributed by atoms with E-state index >= 15 is 0 Å². The predicted molar refractivity (Wildman–Crippen MR) is 143 cm³/mol. The third-order valence-electron chi connectivity index (χ3n) is 7.06. The maximum atomic E-state index is 13.2. The molecule has 0 radical (unpaired) electrons. The van der Waals surface area contributed by atoms with Gasteiger partial charge in [-0.25, -0.2) is 14.6 Å². The van der Waals surface area contributed by atoms with Gasteiger partial charge in [-0.1, -0.05) is 24.3 Å². The summed E-state index contributed by atoms with van der Waals surface area (Å²) in [6, 6.07) is 19.3. The number of para-hydroxylation sites is 1. The van der Waals surface area contributed by atoms with Crippen LogP contribution in [0.25, 0.3) is 22.3 Å². The number of nitriles is 1. The number of aromatic nitrogens is 4. The number of nitrogen functional groups attached to an aromatic ring is 1. The van der Waals surface area contributed by atoms with Gasteiger partial charge in [0.15, 0.2) is 5.65 Å². The molecule has 2 fully saturated rings. The number of hydrogen-bond donors (Lipinski definition) is 1. The smallest absolute Gasteiger partial charge is 0.264 e. The minimum atomic E-state index is -0.193. The summed E-state index contributed by atoms with van der Waals surface area (Å²) in [5, 5.41) is 15.2. The standard InChI is InChI=1S/C29H27N7O2/c30-16-21(15-19-8-9-19)29(37)35-14-4-5-22(35)17-36-28-25(27(31)32-18-33-28)26(34-36)20-10-12-24(13-11-20)38-23-6-2-1-3-7-23/h1-3,6-7,10-13,15,18-19,22H,4-5,8-9,14,17H2,(H2,31,32,33). The van der Waals surface area contributed by atoms with Gasteiger partial charge in [0.1, 0.15) is 41.0 Å². The first-order valence-electron chi connectivity index (χ1n) is 12.8. The first-order valence-corrected chi connectivity index (χ1v) is 12.8. The van der Waals surface area contributed by atoms with E-state index in [2.05, 4.69) is 16.0 Å². The Bertz CT molecular complexity index is 1550. The van der Waals surface area contributed by atoms with E-state index < -0.39 is 0 Å². The molecule has 4 aromatic rings. The summed E-state index contributed by atoms with van der Waals surface area (Å²) in [6.07, 6.45) is 7.06. The van der Waals surface area contributed by atoms with Gasteiger partial charge in [0.05, 0.1) is 18.0 Å². The van der Waals surface area contributed by atoms with Gasteiger partial charge in [0.2, 0.25) is 0 Å². The zero-order valence-corrected chi connectivity index (χ0v) is 20.8. The van der Waals surface area contributed by atoms with Crippen molar-refractivity contribution in [1.29, 1.82) is 5.26 Å². The number of likely N-dealkylation sites (tertiary alicyclic amines) is 1. The Morgan fingerprint density at radius 3 is 2.58 bits per heavy atom. The number of fused-ring (bicyclic) bond motifs is 1. The predicted octanol–water partition coefficient (Wildman–Crippen LogP) is 4.72. The van der Waals surface area contributed by atoms with E-state index in [-0.39, 0.29) is 17.5 Å². The Morgan fingerprint density at radius 1 is 1.08 bits per heavy atom. The second-order valence-electron chi connectivity index (χ2n) is 9.75. The Morgan fingerprint density at radius 2 is 1.84 bits per heavy atom. The highest BCUT2D eigenvalue weighted by Crippen LogP contribution is 2.34. The fourth-order valence-corrected chi connectivity index (χ4v) is 4.97. The van der Waals surface area contributed by atoms with Crippen LogP contribution in [-0.4, -0.2) is 43.1 Å². The van der Waals surface area contributed by atoms with E-state index in [1.807, 2.05) is 70.3 Å². The topological polar surface area (TPSA) is 123 Å². The average Bonchev–Trinajstić information content (AvgIpc) is 3.52. The van der Waals surface area contributed by atoms with Crippen molar-refractivity contribution in [1.82, 2.24) is 24.6 Å². The highest BCUT2D eigenvalue weighted by atomic mass is 16.5. The third kappa shape index (κ3) is 4.68. The Balaban J connectivity index is 1.29. The monoisotopic (exact) mass is 505 g/mol. The summed E-state index contributed by atoms with van der Waals surface area (Å²) < 4.78 is 7.73. The van der Waals surface area contributed by atoms with Gasteiger partial charge in [-0.05, 0) is 68.0 Å². The number of rotatable bonds is 7. The molecular formula is C29H27N7O2. The first-order chi connectivity index (χ1) is 18.6. The molecule has 9 nitrogen and oxygen atoms in total. The van der Waals surface area contributed by atoms with Crippen LogP contribution in [-0.2, 0) is 11.3 Å². The van der Waals surface area contributed by atoms with Gasteiger partial charge < -0.3 is 15.4 Å². The van der Waals surface area contributed by atoms with Crippen LogP contribution in [0.5, 0.6) is 11.5 Å². The zero-order chi connectivity index (χ0) is 26.1. The maximum absolute atomic E-state index is 13.2. The lowest BCUT2D eigenvalue weighted by Gasteiger charge is -2.24. The number of carbonyl (C=O) groups is 1. The van der Waals surface area contributed by atoms with Gasteiger partial charge in [0, 0.05) is 12.1 Å². The van der Waals surface area contributed by atoms with Gasteiger partial charge in [-0.3, -0.25) is 4.79 Å². The molecule has 1 aliphatic heterocycles. The number of nitrogens with two attached hydrogens (primary N) is 1. The largest absolute Gasteiger partial charge is 0.457 e. The zero-order valence-electron chi connectivity index (χ0n) is 20.8. The van der Waals surface area contributed by atoms with Gasteiger partial charge >= 0.3 is 0 Å². The summed E-state index contributed by atoms with van der Waals surface area (Å²) in [7, 11) is 0. The van der Waals surface area contributed by atoms with Gasteiger partial charge in [-0.2, -0.15) is 10.4 Å². The van der Waals surface area contributed by atoms with Crippen molar-refractivity contribution in [3.05, 3.63) is 72.6 Å². The lowest BCUT2D eigenvalue weighted by atomic mass is 10.1. The van der Waals surface area contributed by atoms with Crippen LogP contribution in [0.1, 0.15) is 25.7 Å². The molecule has 2 N–H and O–H groups in total. The van der Waals surface area contributed by atoms with Crippen molar-refractivity contribution in [3.8, 4) is 28.8 Å². The summed E-state index contributed by atoms with van der Waals surface area (Å²) in [5.74, 6) is 1.98. The van der Waals surface area contributed by atoms with Crippen LogP contribution >= 0.6 is 0 Å². The molecule has 1 aliphatic carbocycles. The second kappa shape index (κ2) is 9.98. The quantitative estimate of drug-likeness (QED) is 0.285. The van der Waals surface area contributed by atoms with Gasteiger partial charge in [0.25, 0.3) is 5.91 Å². The van der Waals surface area contributed by atoms with Crippen molar-refractivity contribution in [2.45, 2.75) is 38.3 Å². The summed E-state index contributed by atoms with van der Waals surface area (Å²) in [6.45, 7) is 1.08. The second-order valence-corrected chi connectivity index (χ2v) is 9.75. The molecule has 2 aromatic heterocycles. The van der Waals surface area contributed by atoms with Crippen LogP contribution in [0.15, 0.2) is 72.6 Å². The van der Waals surface area contributed by atoms with Crippen LogP contribution in [0.3, 0.4) is 0 Å². The number of ether oxygens (including phenoxy) is 1. The highest BCUT2D eigenvalue weighted by Gasteiger charge is 2.33. The Labute approximate surface area is 220 Å². The Kier molecular flexibility index (Phi) is 6.22. The van der Waals surface area contributed by atoms with E-state index in [0.29, 0.717) is 47.3 Å². The number of benzene rings is 2. The number of carbonyl (C=O) groups excluding carboxylic acids is 1. The molecule has 1 amide bonds. The number of allylic oxidation sites excluding steroid dienone is 1. The summed E-state index contributed by atoms with van der Waals surface area (Å²) >= 11 is 0. The molecule has 1 unspecified atom stereocenters. The SMILES string of the molecule is N#CC(=CC1CC1)C(=O)N1CCCC1Cn1nc(-c2ccc(Oc3ccccc3)cc2)c2c(N)ncnc21. The summed E-state index contributed by atoms with van der Waals surface area (Å²) in [4.78, 5) is 23.7. The third-order valence-corrected chi connectivity index (χ3v) is 7.06. The number of amides is 1. The molecule has 2 aromatic carbocycles. The highest BCUT2D eigenvalue weighted by molar-refractivity contribution is 5.99. The van der Waals surface area contributed by atoms with Gasteiger partial charge in [-0.15, -0.1) is 0 Å². The molecule has 190 valence electrons. The van der Waals surface area contributed by atoms with Crippen molar-refractivity contribution >= 4 is 22.8 Å². The van der Waals surface area contributed by atoms with Crippen molar-refractivity contribution in [3.63, 3.8) is 0 Å². The van der Waals surface area contributed by atoms with Crippen LogP contribution in [0.4, 0.5) is 5.82 Å². The molecule has 1 saturated carbocycles. The van der Waals surface area contributed by atoms with Crippen LogP contribution in [0, 0.1) is 17.2 Å². The molecule has 6 rings (SSSR count). The fourth-order valence-electron chi connectivity index (χ4n) is 4.97. The first kappa shape index (κ1) is 23.7. The maximum Gasteiger partial charge on any atom is 0.264 e. The van der Waals surface area contributed by atoms with Crippen LogP contribution < -0.4 is 10.5 Å². The molecule has 0 bridgehead atoms. The number of hydrogen-bond acceptors (Lipinski definition) is 7. The number of anilines is 1. The molecule has 9 heteroatoms. The average molecular weight is 506 g/mol. The summed E-state index contributed by atoms with van der Waals surface area (Å²) in [5.41, 5.74) is 8.69. The van der Waals surface area contributed by atoms with E-state index in [0.717, 1.165) is 37.0 Å².